The number of hydrogen-bond acceptors (Lipinski definition) is 8. The van der Waals surface area contributed by atoms with Gasteiger partial charge < -0.3 is 41.9 Å². The predicted octanol–water partition coefficient (Wildman–Crippen LogP) is -2.18. The summed E-state index contributed by atoms with van der Waals surface area (Å²) in [5, 5.41) is 26.2. The lowest BCUT2D eigenvalue weighted by atomic mass is 9.98. The number of amides is 3. The Kier molecular flexibility index (Phi) is 10.4. The van der Waals surface area contributed by atoms with Gasteiger partial charge in [0, 0.05) is 36.6 Å². The molecule has 192 valence electrons. The Morgan fingerprint density at radius 2 is 1.43 bits per heavy atom. The van der Waals surface area contributed by atoms with Gasteiger partial charge in [-0.2, -0.15) is 0 Å². The molecule has 0 radical (unpaired) electrons. The summed E-state index contributed by atoms with van der Waals surface area (Å²) in [6, 6.07) is -4.75. The molecule has 3 amide bonds. The van der Waals surface area contributed by atoms with Crippen LogP contribution in [0.15, 0.2) is 25.0 Å². The smallest absolute Gasteiger partial charge is 0.326 e. The molecule has 14 heteroatoms. The van der Waals surface area contributed by atoms with Gasteiger partial charge in [0.05, 0.1) is 19.3 Å². The first kappa shape index (κ1) is 27.5. The number of carbonyl (C=O) groups is 4. The summed E-state index contributed by atoms with van der Waals surface area (Å²) in [5.41, 5.74) is 6.61. The van der Waals surface area contributed by atoms with Crippen LogP contribution in [0.2, 0.25) is 0 Å². The van der Waals surface area contributed by atoms with Crippen LogP contribution in [0.4, 0.5) is 0 Å². The van der Waals surface area contributed by atoms with Crippen LogP contribution in [0, 0.1) is 5.92 Å². The van der Waals surface area contributed by atoms with E-state index in [0.717, 1.165) is 0 Å². The molecule has 35 heavy (non-hydrogen) atoms. The number of carboxylic acid groups (broad SMARTS) is 1. The van der Waals surface area contributed by atoms with Crippen LogP contribution in [0.5, 0.6) is 0 Å². The van der Waals surface area contributed by atoms with Gasteiger partial charge in [-0.25, -0.2) is 14.8 Å². The fraction of sp³-hybridized carbons (Fsp3) is 0.524. The first-order valence-electron chi connectivity index (χ1n) is 11.1. The maximum Gasteiger partial charge on any atom is 0.326 e. The summed E-state index contributed by atoms with van der Waals surface area (Å²) in [4.78, 5) is 63.7. The van der Waals surface area contributed by atoms with Gasteiger partial charge in [0.2, 0.25) is 17.7 Å². The van der Waals surface area contributed by atoms with Crippen molar-refractivity contribution in [1.29, 1.82) is 0 Å². The van der Waals surface area contributed by atoms with Gasteiger partial charge in [0.25, 0.3) is 0 Å². The number of hydrogen-bond donors (Lipinski definition) is 8. The number of aromatic amines is 2. The fourth-order valence-corrected chi connectivity index (χ4v) is 3.22. The first-order chi connectivity index (χ1) is 16.7. The van der Waals surface area contributed by atoms with Crippen molar-refractivity contribution < 1.29 is 29.4 Å². The third kappa shape index (κ3) is 8.19. The third-order valence-electron chi connectivity index (χ3n) is 5.53. The highest BCUT2D eigenvalue weighted by atomic mass is 16.4. The van der Waals surface area contributed by atoms with E-state index in [-0.39, 0.29) is 18.8 Å². The van der Waals surface area contributed by atoms with Crippen LogP contribution in [0.25, 0.3) is 0 Å². The number of H-pyrrole nitrogens is 2. The molecule has 9 N–H and O–H groups in total. The molecule has 0 spiro atoms. The molecular weight excluding hydrogens is 460 g/mol. The molecule has 0 aliphatic carbocycles. The largest absolute Gasteiger partial charge is 0.480 e. The van der Waals surface area contributed by atoms with Gasteiger partial charge in [0.15, 0.2) is 0 Å². The molecule has 0 saturated carbocycles. The molecule has 2 aromatic heterocycles. The van der Waals surface area contributed by atoms with Crippen LogP contribution >= 0.6 is 0 Å². The second-order valence-electron chi connectivity index (χ2n) is 8.18. The van der Waals surface area contributed by atoms with E-state index in [9.17, 15) is 24.3 Å². The number of imidazole rings is 2. The van der Waals surface area contributed by atoms with Crippen LogP contribution in [0.1, 0.15) is 31.7 Å². The Morgan fingerprint density at radius 1 is 0.943 bits per heavy atom. The minimum Gasteiger partial charge on any atom is -0.480 e. The number of aliphatic carboxylic acids is 1. The first-order valence-corrected chi connectivity index (χ1v) is 11.1. The van der Waals surface area contributed by atoms with Crippen molar-refractivity contribution >= 4 is 23.7 Å². The standard InChI is InChI=1S/C21H32N8O6/c1-3-11(2)17(21(34)35)29-20(33)16(5-13-7-24-10-26-13)28-19(32)15(4-12-6-23-9-25-12)27-18(31)14(22)8-30/h6-7,9-11,14-17,30H,3-5,8,22H2,1-2H3,(H,23,25)(H,24,26)(H,27,31)(H,28,32)(H,29,33)(H,34,35). The van der Waals surface area contributed by atoms with Crippen molar-refractivity contribution in [1.82, 2.24) is 35.9 Å². The van der Waals surface area contributed by atoms with Crippen molar-refractivity contribution in [2.75, 3.05) is 6.61 Å². The molecular formula is C21H32N8O6. The SMILES string of the molecule is CCC(C)C(NC(=O)C(Cc1cnc[nH]1)NC(=O)C(Cc1cnc[nH]1)NC(=O)C(N)CO)C(=O)O. The Labute approximate surface area is 201 Å². The van der Waals surface area contributed by atoms with E-state index in [1.165, 1.54) is 25.0 Å². The number of aromatic nitrogens is 4. The van der Waals surface area contributed by atoms with E-state index >= 15 is 0 Å². The number of nitrogens with one attached hydrogen (secondary N) is 5. The number of carbonyl (C=O) groups excluding carboxylic acids is 3. The van der Waals surface area contributed by atoms with E-state index < -0.39 is 54.5 Å². The molecule has 0 aliphatic rings. The van der Waals surface area contributed by atoms with Crippen molar-refractivity contribution in [3.63, 3.8) is 0 Å². The van der Waals surface area contributed by atoms with Crippen molar-refractivity contribution in [3.8, 4) is 0 Å². The van der Waals surface area contributed by atoms with E-state index in [2.05, 4.69) is 35.9 Å². The molecule has 5 atom stereocenters. The van der Waals surface area contributed by atoms with Gasteiger partial charge in [-0.15, -0.1) is 0 Å². The molecule has 0 fully saturated rings. The highest BCUT2D eigenvalue weighted by Crippen LogP contribution is 2.10. The number of aliphatic hydroxyl groups is 1. The average molecular weight is 493 g/mol. The average Bonchev–Trinajstić information content (AvgIpc) is 3.54. The Balaban J connectivity index is 2.24. The summed E-state index contributed by atoms with van der Waals surface area (Å²) >= 11 is 0. The number of nitrogens with zero attached hydrogens (tertiary/aromatic N) is 2. The molecule has 0 aromatic carbocycles. The van der Waals surface area contributed by atoms with Gasteiger partial charge >= 0.3 is 5.97 Å². The zero-order valence-electron chi connectivity index (χ0n) is 19.5. The molecule has 5 unspecified atom stereocenters. The van der Waals surface area contributed by atoms with Gasteiger partial charge in [-0.05, 0) is 5.92 Å². The Hall–Kier alpha value is -3.78. The zero-order chi connectivity index (χ0) is 26.0. The van der Waals surface area contributed by atoms with Crippen LogP contribution in [-0.4, -0.2) is 84.6 Å². The van der Waals surface area contributed by atoms with E-state index in [4.69, 9.17) is 10.8 Å². The van der Waals surface area contributed by atoms with Gasteiger partial charge in [-0.1, -0.05) is 20.3 Å². The van der Waals surface area contributed by atoms with Crippen molar-refractivity contribution in [2.24, 2.45) is 11.7 Å². The van der Waals surface area contributed by atoms with Crippen molar-refractivity contribution in [3.05, 3.63) is 36.4 Å². The topological polar surface area (TPSA) is 228 Å². The molecule has 0 aliphatic heterocycles. The second-order valence-corrected chi connectivity index (χ2v) is 8.18. The summed E-state index contributed by atoms with van der Waals surface area (Å²) in [6.07, 6.45) is 6.25. The molecule has 0 saturated heterocycles. The lowest BCUT2D eigenvalue weighted by Crippen LogP contribution is -2.59. The Morgan fingerprint density at radius 3 is 1.83 bits per heavy atom. The highest BCUT2D eigenvalue weighted by molar-refractivity contribution is 5.94. The maximum absolute atomic E-state index is 13.2. The summed E-state index contributed by atoms with van der Waals surface area (Å²) in [6.45, 7) is 2.87. The molecule has 2 rings (SSSR count). The van der Waals surface area contributed by atoms with E-state index in [0.29, 0.717) is 17.8 Å². The minimum atomic E-state index is -1.25. The maximum atomic E-state index is 13.2. The quantitative estimate of drug-likeness (QED) is 0.143. The summed E-state index contributed by atoms with van der Waals surface area (Å²) in [7, 11) is 0. The number of aliphatic hydroxyl groups excluding tert-OH is 1. The minimum absolute atomic E-state index is 0.00125. The zero-order valence-corrected chi connectivity index (χ0v) is 19.5. The van der Waals surface area contributed by atoms with Gasteiger partial charge in [-0.3, -0.25) is 14.4 Å². The van der Waals surface area contributed by atoms with E-state index in [1.54, 1.807) is 13.8 Å². The summed E-state index contributed by atoms with van der Waals surface area (Å²) < 4.78 is 0. The lowest BCUT2D eigenvalue weighted by Gasteiger charge is -2.26. The fourth-order valence-electron chi connectivity index (χ4n) is 3.22. The second kappa shape index (κ2) is 13.2. The van der Waals surface area contributed by atoms with Crippen LogP contribution in [-0.2, 0) is 32.0 Å². The van der Waals surface area contributed by atoms with Gasteiger partial charge in [0.1, 0.15) is 24.2 Å². The number of rotatable bonds is 14. The number of nitrogens with two attached hydrogens (primary N) is 1. The van der Waals surface area contributed by atoms with Crippen molar-refractivity contribution in [2.45, 2.75) is 57.3 Å². The highest BCUT2D eigenvalue weighted by Gasteiger charge is 2.32. The monoisotopic (exact) mass is 492 g/mol. The molecule has 2 heterocycles. The van der Waals surface area contributed by atoms with Crippen LogP contribution < -0.4 is 21.7 Å². The Bertz CT molecular complexity index is 965. The summed E-state index contributed by atoms with van der Waals surface area (Å²) in [5.74, 6) is -3.73. The van der Waals surface area contributed by atoms with E-state index in [1.807, 2.05) is 0 Å². The molecule has 14 nitrogen and oxygen atoms in total. The molecule has 2 aromatic rings. The number of carboxylic acids is 1. The predicted molar refractivity (Wildman–Crippen MR) is 123 cm³/mol. The lowest BCUT2D eigenvalue weighted by molar-refractivity contribution is -0.143. The normalized spacial score (nSPS) is 15.3. The van der Waals surface area contributed by atoms with Crippen LogP contribution in [0.3, 0.4) is 0 Å². The molecule has 0 bridgehead atoms. The third-order valence-corrected chi connectivity index (χ3v) is 5.53.